The van der Waals surface area contributed by atoms with Crippen LogP contribution in [0.15, 0.2) is 6.33 Å². The van der Waals surface area contributed by atoms with Crippen LogP contribution in [0.4, 0.5) is 10.6 Å². The van der Waals surface area contributed by atoms with E-state index in [-0.39, 0.29) is 5.96 Å². The predicted octanol–water partition coefficient (Wildman–Crippen LogP) is 0.0114. The summed E-state index contributed by atoms with van der Waals surface area (Å²) in [4.78, 5) is 19.0. The Balaban J connectivity index is 2.80. The van der Waals surface area contributed by atoms with Crippen molar-refractivity contribution in [2.75, 3.05) is 11.9 Å². The Morgan fingerprint density at radius 2 is 2.47 bits per heavy atom. The minimum absolute atomic E-state index is 0.107. The number of rotatable bonds is 2. The molecule has 0 aliphatic carbocycles. The van der Waals surface area contributed by atoms with Crippen LogP contribution in [-0.4, -0.2) is 29.0 Å². The van der Waals surface area contributed by atoms with Crippen LogP contribution >= 0.6 is 0 Å². The van der Waals surface area contributed by atoms with Gasteiger partial charge in [0.2, 0.25) is 5.96 Å². The Labute approximate surface area is 87.2 Å². The molecule has 0 radical (unpaired) electrons. The van der Waals surface area contributed by atoms with Gasteiger partial charge in [0.05, 0.1) is 12.0 Å². The number of nitrogens with zero attached hydrogens (tertiary/aromatic N) is 2. The monoisotopic (exact) mass is 210 g/mol. The van der Waals surface area contributed by atoms with Crippen molar-refractivity contribution >= 4 is 17.8 Å². The molecule has 0 aliphatic heterocycles. The molecule has 0 bridgehead atoms. The number of carbonyl (C=O) groups excluding carboxylic acids is 1. The van der Waals surface area contributed by atoms with Crippen LogP contribution in [0.3, 0.4) is 0 Å². The maximum atomic E-state index is 10.6. The zero-order chi connectivity index (χ0) is 11.4. The Hall–Kier alpha value is -2.05. The van der Waals surface area contributed by atoms with Crippen molar-refractivity contribution in [1.29, 1.82) is 5.41 Å². The first-order valence-corrected chi connectivity index (χ1v) is 4.47. The zero-order valence-corrected chi connectivity index (χ0v) is 8.66. The van der Waals surface area contributed by atoms with E-state index in [1.807, 2.05) is 6.92 Å². The van der Waals surface area contributed by atoms with Crippen LogP contribution in [0, 0.1) is 5.41 Å². The summed E-state index contributed by atoms with van der Waals surface area (Å²) in [6, 6.07) is -0.763. The number of nitrogens with one attached hydrogen (secondary N) is 3. The predicted molar refractivity (Wildman–Crippen MR) is 56.8 cm³/mol. The van der Waals surface area contributed by atoms with Gasteiger partial charge in [-0.25, -0.2) is 9.78 Å². The second-order valence-electron chi connectivity index (χ2n) is 2.96. The molecule has 7 heteroatoms. The Kier molecular flexibility index (Phi) is 3.27. The van der Waals surface area contributed by atoms with Crippen molar-refractivity contribution in [2.24, 2.45) is 5.73 Å². The molecular weight excluding hydrogens is 196 g/mol. The molecule has 1 aromatic rings. The number of hydrogen-bond donors (Lipinski definition) is 4. The fraction of sp³-hybridized carbons (Fsp3) is 0.375. The third kappa shape index (κ3) is 2.46. The van der Waals surface area contributed by atoms with Gasteiger partial charge in [-0.15, -0.1) is 0 Å². The fourth-order valence-electron chi connectivity index (χ4n) is 1.17. The molecule has 0 fully saturated rings. The number of amides is 2. The largest absolute Gasteiger partial charge is 0.351 e. The van der Waals surface area contributed by atoms with E-state index >= 15 is 0 Å². The number of aromatic amines is 1. The molecule has 0 saturated carbocycles. The number of aromatic nitrogens is 2. The van der Waals surface area contributed by atoms with Gasteiger partial charge < -0.3 is 10.7 Å². The summed E-state index contributed by atoms with van der Waals surface area (Å²) in [5, 5.41) is 9.71. The second kappa shape index (κ2) is 4.45. The summed E-state index contributed by atoms with van der Waals surface area (Å²) < 4.78 is 0. The van der Waals surface area contributed by atoms with E-state index in [0.717, 1.165) is 12.1 Å². The number of guanidine groups is 1. The van der Waals surface area contributed by atoms with Gasteiger partial charge in [0.1, 0.15) is 0 Å². The quantitative estimate of drug-likeness (QED) is 0.407. The minimum atomic E-state index is -0.763. The van der Waals surface area contributed by atoms with E-state index in [9.17, 15) is 4.79 Å². The summed E-state index contributed by atoms with van der Waals surface area (Å²) in [6.07, 6.45) is 2.31. The highest BCUT2D eigenvalue weighted by atomic mass is 16.2. The van der Waals surface area contributed by atoms with Gasteiger partial charge in [-0.05, 0) is 6.42 Å². The van der Waals surface area contributed by atoms with Gasteiger partial charge in [0.25, 0.3) is 0 Å². The molecule has 7 nitrogen and oxygen atoms in total. The summed E-state index contributed by atoms with van der Waals surface area (Å²) >= 11 is 0. The number of H-pyrrole nitrogens is 1. The number of aryl methyl sites for hydroxylation is 1. The van der Waals surface area contributed by atoms with E-state index in [1.54, 1.807) is 13.4 Å². The zero-order valence-electron chi connectivity index (χ0n) is 8.66. The third-order valence-electron chi connectivity index (χ3n) is 1.94. The molecule has 2 amide bonds. The van der Waals surface area contributed by atoms with E-state index in [4.69, 9.17) is 11.1 Å². The smallest absolute Gasteiger partial charge is 0.318 e. The number of nitrogens with two attached hydrogens (primary N) is 1. The number of primary amides is 1. The normalized spacial score (nSPS) is 9.73. The number of imidazole rings is 1. The van der Waals surface area contributed by atoms with E-state index in [2.05, 4.69) is 15.3 Å². The first-order valence-electron chi connectivity index (χ1n) is 4.47. The van der Waals surface area contributed by atoms with Gasteiger partial charge in [-0.3, -0.25) is 15.6 Å². The van der Waals surface area contributed by atoms with Gasteiger partial charge in [0.15, 0.2) is 5.82 Å². The van der Waals surface area contributed by atoms with E-state index in [0.29, 0.717) is 5.82 Å². The first kappa shape index (κ1) is 11.0. The summed E-state index contributed by atoms with van der Waals surface area (Å²) in [5.41, 5.74) is 5.81. The summed E-state index contributed by atoms with van der Waals surface area (Å²) in [7, 11) is 1.63. The van der Waals surface area contributed by atoms with Gasteiger partial charge in [-0.2, -0.15) is 0 Å². The molecule has 82 valence electrons. The molecule has 0 unspecified atom stereocenters. The molecule has 0 aliphatic rings. The van der Waals surface area contributed by atoms with Crippen LogP contribution in [-0.2, 0) is 6.42 Å². The second-order valence-corrected chi connectivity index (χ2v) is 2.96. The lowest BCUT2D eigenvalue weighted by Gasteiger charge is -2.18. The highest BCUT2D eigenvalue weighted by Crippen LogP contribution is 2.13. The van der Waals surface area contributed by atoms with Gasteiger partial charge in [0, 0.05) is 7.05 Å². The van der Waals surface area contributed by atoms with Crippen LogP contribution < -0.4 is 16.0 Å². The lowest BCUT2D eigenvalue weighted by molar-refractivity contribution is 0.253. The molecule has 0 atom stereocenters. The number of urea groups is 1. The number of carbonyl (C=O) groups is 1. The SMILES string of the molecule is CCc1[nH]cnc1N(C)C(=N)NC(N)=O. The standard InChI is InChI=1S/C8H14N6O/c1-3-5-6(12-4-11-5)14(2)7(9)13-8(10)15/h4H,3H2,1-2H3,(H,11,12)(H4,9,10,13,15). The van der Waals surface area contributed by atoms with Crippen molar-refractivity contribution in [3.63, 3.8) is 0 Å². The highest BCUT2D eigenvalue weighted by Gasteiger charge is 2.13. The maximum absolute atomic E-state index is 10.6. The summed E-state index contributed by atoms with van der Waals surface area (Å²) in [6.45, 7) is 1.97. The molecule has 15 heavy (non-hydrogen) atoms. The topological polar surface area (TPSA) is 111 Å². The maximum Gasteiger partial charge on any atom is 0.318 e. The Bertz CT molecular complexity index is 371. The lowest BCUT2D eigenvalue weighted by Crippen LogP contribution is -2.44. The van der Waals surface area contributed by atoms with Gasteiger partial charge in [-0.1, -0.05) is 6.92 Å². The summed E-state index contributed by atoms with van der Waals surface area (Å²) in [5.74, 6) is 0.501. The van der Waals surface area contributed by atoms with Crippen LogP contribution in [0.25, 0.3) is 0 Å². The molecule has 0 aromatic carbocycles. The van der Waals surface area contributed by atoms with Crippen molar-refractivity contribution < 1.29 is 4.79 Å². The molecular formula is C8H14N6O. The van der Waals surface area contributed by atoms with Crippen LogP contribution in [0.1, 0.15) is 12.6 Å². The number of hydrogen-bond acceptors (Lipinski definition) is 3. The van der Waals surface area contributed by atoms with Crippen LogP contribution in [0.2, 0.25) is 0 Å². The van der Waals surface area contributed by atoms with Crippen molar-refractivity contribution in [3.8, 4) is 0 Å². The average Bonchev–Trinajstić information content (AvgIpc) is 2.62. The van der Waals surface area contributed by atoms with E-state index in [1.165, 1.54) is 4.90 Å². The van der Waals surface area contributed by atoms with E-state index < -0.39 is 6.03 Å². The Morgan fingerprint density at radius 1 is 1.80 bits per heavy atom. The highest BCUT2D eigenvalue weighted by molar-refractivity contribution is 6.02. The fourth-order valence-corrected chi connectivity index (χ4v) is 1.17. The Morgan fingerprint density at radius 3 is 3.00 bits per heavy atom. The third-order valence-corrected chi connectivity index (χ3v) is 1.94. The molecule has 0 spiro atoms. The van der Waals surface area contributed by atoms with Crippen molar-refractivity contribution in [3.05, 3.63) is 12.0 Å². The molecule has 1 heterocycles. The molecule has 1 rings (SSSR count). The van der Waals surface area contributed by atoms with Gasteiger partial charge >= 0.3 is 6.03 Å². The van der Waals surface area contributed by atoms with Crippen LogP contribution in [0.5, 0.6) is 0 Å². The van der Waals surface area contributed by atoms with Crippen molar-refractivity contribution in [1.82, 2.24) is 15.3 Å². The lowest BCUT2D eigenvalue weighted by atomic mass is 10.3. The molecule has 1 aromatic heterocycles. The average molecular weight is 210 g/mol. The first-order chi connectivity index (χ1) is 7.06. The molecule has 0 saturated heterocycles. The minimum Gasteiger partial charge on any atom is -0.351 e. The number of anilines is 1. The van der Waals surface area contributed by atoms with Crippen molar-refractivity contribution in [2.45, 2.75) is 13.3 Å². The molecule has 5 N–H and O–H groups in total.